The molecule has 4 nitrogen and oxygen atoms in total. The molecule has 0 spiro atoms. The highest BCUT2D eigenvalue weighted by Gasteiger charge is 2.18. The Kier molecular flexibility index (Phi) is 4.84. The highest BCUT2D eigenvalue weighted by Crippen LogP contribution is 2.19. The van der Waals surface area contributed by atoms with Crippen molar-refractivity contribution in [1.82, 2.24) is 9.97 Å². The molecule has 0 aliphatic rings. The molecule has 0 saturated heterocycles. The summed E-state index contributed by atoms with van der Waals surface area (Å²) in [4.78, 5) is 21.9. The third kappa shape index (κ3) is 3.42. The van der Waals surface area contributed by atoms with Gasteiger partial charge in [0.15, 0.2) is 0 Å². The molecule has 0 atom stereocenters. The molecule has 0 saturated carbocycles. The van der Waals surface area contributed by atoms with Crippen molar-refractivity contribution >= 4 is 17.3 Å². The van der Waals surface area contributed by atoms with Gasteiger partial charge in [-0.05, 0) is 24.3 Å². The number of ether oxygens (including phenoxy) is 1. The summed E-state index contributed by atoms with van der Waals surface area (Å²) in [5.41, 5.74) is 1.22. The van der Waals surface area contributed by atoms with Crippen LogP contribution in [0.3, 0.4) is 0 Å². The number of thiophene rings is 1. The molecule has 0 radical (unpaired) electrons. The lowest BCUT2D eigenvalue weighted by Gasteiger charge is -2.11. The van der Waals surface area contributed by atoms with Crippen molar-refractivity contribution in [1.29, 1.82) is 0 Å². The molecular weight excluding hydrogens is 272 g/mol. The van der Waals surface area contributed by atoms with E-state index < -0.39 is 0 Å². The van der Waals surface area contributed by atoms with E-state index in [-0.39, 0.29) is 11.9 Å². The molecule has 0 aliphatic heterocycles. The van der Waals surface area contributed by atoms with Gasteiger partial charge in [0.1, 0.15) is 5.82 Å². The number of carbonyl (C=O) groups is 1. The minimum atomic E-state index is -0.348. The van der Waals surface area contributed by atoms with Crippen LogP contribution >= 0.6 is 11.3 Å². The van der Waals surface area contributed by atoms with E-state index >= 15 is 0 Å². The minimum absolute atomic E-state index is 0.152. The number of aromatic nitrogens is 2. The first kappa shape index (κ1) is 14.7. The lowest BCUT2D eigenvalue weighted by molar-refractivity contribution is 0.0523. The first-order chi connectivity index (χ1) is 9.61. The van der Waals surface area contributed by atoms with Gasteiger partial charge >= 0.3 is 5.97 Å². The summed E-state index contributed by atoms with van der Waals surface area (Å²) < 4.78 is 5.05. The van der Waals surface area contributed by atoms with Gasteiger partial charge in [-0.15, -0.1) is 11.3 Å². The van der Waals surface area contributed by atoms with Crippen molar-refractivity contribution in [3.63, 3.8) is 0 Å². The Hall–Kier alpha value is -1.75. The average Bonchev–Trinajstić information content (AvgIpc) is 2.91. The molecule has 0 amide bonds. The normalized spacial score (nSPS) is 10.8. The topological polar surface area (TPSA) is 52.1 Å². The van der Waals surface area contributed by atoms with E-state index in [4.69, 9.17) is 4.74 Å². The maximum atomic E-state index is 11.9. The van der Waals surface area contributed by atoms with E-state index in [9.17, 15) is 4.79 Å². The number of nitrogens with zero attached hydrogens (tertiary/aromatic N) is 2. The van der Waals surface area contributed by atoms with Crippen LogP contribution in [0.15, 0.2) is 23.7 Å². The highest BCUT2D eigenvalue weighted by atomic mass is 32.1. The third-order valence-electron chi connectivity index (χ3n) is 2.82. The van der Waals surface area contributed by atoms with Gasteiger partial charge in [-0.2, -0.15) is 0 Å². The monoisotopic (exact) mass is 290 g/mol. The second-order valence-electron chi connectivity index (χ2n) is 4.72. The summed E-state index contributed by atoms with van der Waals surface area (Å²) in [7, 11) is 0. The molecule has 2 aromatic rings. The van der Waals surface area contributed by atoms with Crippen LogP contribution in [0, 0.1) is 0 Å². The fourth-order valence-corrected chi connectivity index (χ4v) is 2.60. The van der Waals surface area contributed by atoms with Gasteiger partial charge < -0.3 is 4.74 Å². The molecule has 0 fully saturated rings. The number of hydrogen-bond acceptors (Lipinski definition) is 5. The molecule has 2 heterocycles. The van der Waals surface area contributed by atoms with E-state index in [1.54, 1.807) is 24.5 Å². The maximum Gasteiger partial charge on any atom is 0.341 e. The standard InChI is InChI=1S/C15H18N2O2S/c1-4-19-15(18)12-9-16-13(17-14(12)10(2)3)8-11-6-5-7-20-11/h5-7,9-10H,4,8H2,1-3H3. The van der Waals surface area contributed by atoms with Crippen LogP contribution in [-0.2, 0) is 11.2 Å². The largest absolute Gasteiger partial charge is 0.462 e. The Morgan fingerprint density at radius 3 is 2.85 bits per heavy atom. The zero-order valence-electron chi connectivity index (χ0n) is 11.9. The van der Waals surface area contributed by atoms with Crippen LogP contribution in [0.4, 0.5) is 0 Å². The molecular formula is C15H18N2O2S. The van der Waals surface area contributed by atoms with Crippen LogP contribution in [0.25, 0.3) is 0 Å². The molecule has 0 aliphatic carbocycles. The lowest BCUT2D eigenvalue weighted by atomic mass is 10.1. The first-order valence-corrected chi connectivity index (χ1v) is 7.55. The van der Waals surface area contributed by atoms with Gasteiger partial charge in [-0.3, -0.25) is 0 Å². The number of rotatable bonds is 5. The van der Waals surface area contributed by atoms with Gasteiger partial charge in [0.2, 0.25) is 0 Å². The average molecular weight is 290 g/mol. The lowest BCUT2D eigenvalue weighted by Crippen LogP contribution is -2.13. The predicted octanol–water partition coefficient (Wildman–Crippen LogP) is 3.43. The van der Waals surface area contributed by atoms with Gasteiger partial charge in [0, 0.05) is 17.5 Å². The number of carbonyl (C=O) groups excluding carboxylic acids is 1. The second kappa shape index (κ2) is 6.61. The van der Waals surface area contributed by atoms with E-state index in [2.05, 4.69) is 16.0 Å². The van der Waals surface area contributed by atoms with Crippen LogP contribution in [0.2, 0.25) is 0 Å². The van der Waals surface area contributed by atoms with Crippen molar-refractivity contribution in [3.05, 3.63) is 45.7 Å². The van der Waals surface area contributed by atoms with Crippen molar-refractivity contribution < 1.29 is 9.53 Å². The summed E-state index contributed by atoms with van der Waals surface area (Å²) in [5, 5.41) is 2.03. The van der Waals surface area contributed by atoms with Crippen LogP contribution in [0.1, 0.15) is 53.4 Å². The van der Waals surface area contributed by atoms with Crippen LogP contribution in [-0.4, -0.2) is 22.5 Å². The quantitative estimate of drug-likeness (QED) is 0.792. The Bertz CT molecular complexity index is 580. The Balaban J connectivity index is 2.29. The first-order valence-electron chi connectivity index (χ1n) is 6.67. The summed E-state index contributed by atoms with van der Waals surface area (Å²) in [6, 6.07) is 4.07. The van der Waals surface area contributed by atoms with Gasteiger partial charge in [-0.25, -0.2) is 14.8 Å². The third-order valence-corrected chi connectivity index (χ3v) is 3.70. The fraction of sp³-hybridized carbons (Fsp3) is 0.400. The zero-order chi connectivity index (χ0) is 14.5. The summed E-state index contributed by atoms with van der Waals surface area (Å²) >= 11 is 1.68. The maximum absolute atomic E-state index is 11.9. The number of hydrogen-bond donors (Lipinski definition) is 0. The Morgan fingerprint density at radius 1 is 1.45 bits per heavy atom. The molecule has 20 heavy (non-hydrogen) atoms. The molecule has 106 valence electrons. The van der Waals surface area contributed by atoms with E-state index in [0.29, 0.717) is 18.6 Å². The van der Waals surface area contributed by atoms with Crippen molar-refractivity contribution in [2.24, 2.45) is 0 Å². The molecule has 0 N–H and O–H groups in total. The van der Waals surface area contributed by atoms with E-state index in [1.807, 2.05) is 25.3 Å². The molecule has 0 bridgehead atoms. The van der Waals surface area contributed by atoms with Crippen molar-refractivity contribution in [2.45, 2.75) is 33.1 Å². The van der Waals surface area contributed by atoms with E-state index in [0.717, 1.165) is 11.5 Å². The van der Waals surface area contributed by atoms with Crippen LogP contribution < -0.4 is 0 Å². The molecule has 0 unspecified atom stereocenters. The zero-order valence-corrected chi connectivity index (χ0v) is 12.7. The number of esters is 1. The second-order valence-corrected chi connectivity index (χ2v) is 5.75. The van der Waals surface area contributed by atoms with Crippen molar-refractivity contribution in [2.75, 3.05) is 6.61 Å². The molecule has 0 aromatic carbocycles. The molecule has 2 aromatic heterocycles. The smallest absolute Gasteiger partial charge is 0.341 e. The fourth-order valence-electron chi connectivity index (χ4n) is 1.89. The van der Waals surface area contributed by atoms with E-state index in [1.165, 1.54) is 4.88 Å². The SMILES string of the molecule is CCOC(=O)c1cnc(Cc2cccs2)nc1C(C)C. The summed E-state index contributed by atoms with van der Waals surface area (Å²) in [6.07, 6.45) is 2.28. The molecule has 2 rings (SSSR count). The summed E-state index contributed by atoms with van der Waals surface area (Å²) in [5.74, 6) is 0.544. The van der Waals surface area contributed by atoms with Crippen molar-refractivity contribution in [3.8, 4) is 0 Å². The van der Waals surface area contributed by atoms with Gasteiger partial charge in [0.05, 0.1) is 17.9 Å². The Labute approximate surface area is 122 Å². The highest BCUT2D eigenvalue weighted by molar-refractivity contribution is 7.09. The minimum Gasteiger partial charge on any atom is -0.462 e. The van der Waals surface area contributed by atoms with Gasteiger partial charge in [0.25, 0.3) is 0 Å². The van der Waals surface area contributed by atoms with Crippen LogP contribution in [0.5, 0.6) is 0 Å². The molecule has 5 heteroatoms. The predicted molar refractivity (Wildman–Crippen MR) is 79.2 cm³/mol. The van der Waals surface area contributed by atoms with Gasteiger partial charge in [-0.1, -0.05) is 19.9 Å². The summed E-state index contributed by atoms with van der Waals surface area (Å²) in [6.45, 7) is 6.17. The Morgan fingerprint density at radius 2 is 2.25 bits per heavy atom.